The molecule has 5 heteroatoms. The van der Waals surface area contributed by atoms with Crippen LogP contribution in [0.2, 0.25) is 0 Å². The molecule has 140 valence electrons. The molecule has 0 aliphatic carbocycles. The lowest BCUT2D eigenvalue weighted by Crippen LogP contribution is -2.35. The van der Waals surface area contributed by atoms with Crippen molar-refractivity contribution in [3.63, 3.8) is 0 Å². The van der Waals surface area contributed by atoms with Gasteiger partial charge >= 0.3 is 0 Å². The highest BCUT2D eigenvalue weighted by atomic mass is 79.9. The predicted molar refractivity (Wildman–Crippen MR) is 110 cm³/mol. The van der Waals surface area contributed by atoms with E-state index in [-0.39, 0.29) is 23.4 Å². The zero-order valence-electron chi connectivity index (χ0n) is 16.1. The summed E-state index contributed by atoms with van der Waals surface area (Å²) in [5.41, 5.74) is 2.97. The highest BCUT2D eigenvalue weighted by molar-refractivity contribution is 9.10. The Labute approximate surface area is 163 Å². The molecule has 26 heavy (non-hydrogen) atoms. The molecule has 1 aromatic heterocycles. The minimum Gasteiger partial charge on any atom is -0.345 e. The summed E-state index contributed by atoms with van der Waals surface area (Å²) in [6, 6.07) is 9.88. The standard InChI is InChI=1S/C21H27BrN2O2/c1-6-12-24-15(5)17(14(4)18(22)21(24)26)20(25)23-19(13(2)3)16-10-8-7-9-11-16/h7-11,13,19H,6,12H2,1-5H3,(H,23,25). The van der Waals surface area contributed by atoms with Crippen molar-refractivity contribution < 1.29 is 4.79 Å². The Morgan fingerprint density at radius 2 is 1.81 bits per heavy atom. The van der Waals surface area contributed by atoms with Crippen molar-refractivity contribution in [1.29, 1.82) is 0 Å². The summed E-state index contributed by atoms with van der Waals surface area (Å²) in [6.45, 7) is 10.5. The van der Waals surface area contributed by atoms with Gasteiger partial charge in [-0.1, -0.05) is 51.1 Å². The second-order valence-corrected chi connectivity index (χ2v) is 7.76. The SMILES string of the molecule is CCCn1c(C)c(C(=O)NC(c2ccccc2)C(C)C)c(C)c(Br)c1=O. The Morgan fingerprint density at radius 3 is 2.35 bits per heavy atom. The highest BCUT2D eigenvalue weighted by Gasteiger charge is 2.24. The van der Waals surface area contributed by atoms with E-state index in [2.05, 4.69) is 35.1 Å². The van der Waals surface area contributed by atoms with Gasteiger partial charge in [0, 0.05) is 12.2 Å². The molecule has 0 aliphatic heterocycles. The summed E-state index contributed by atoms with van der Waals surface area (Å²) in [6.07, 6.45) is 0.829. The number of rotatable bonds is 6. The van der Waals surface area contributed by atoms with Gasteiger partial charge < -0.3 is 9.88 Å². The summed E-state index contributed by atoms with van der Waals surface area (Å²) < 4.78 is 2.14. The van der Waals surface area contributed by atoms with Gasteiger partial charge in [-0.2, -0.15) is 0 Å². The maximum absolute atomic E-state index is 13.1. The van der Waals surface area contributed by atoms with Crippen LogP contribution < -0.4 is 10.9 Å². The van der Waals surface area contributed by atoms with Gasteiger partial charge in [0.15, 0.2) is 0 Å². The monoisotopic (exact) mass is 418 g/mol. The first-order valence-electron chi connectivity index (χ1n) is 9.04. The molecule has 1 heterocycles. The molecule has 2 rings (SSSR count). The van der Waals surface area contributed by atoms with Crippen molar-refractivity contribution >= 4 is 21.8 Å². The second-order valence-electron chi connectivity index (χ2n) is 6.96. The minimum absolute atomic E-state index is 0.0816. The summed E-state index contributed by atoms with van der Waals surface area (Å²) in [7, 11) is 0. The Kier molecular flexibility index (Phi) is 6.81. The van der Waals surface area contributed by atoms with Gasteiger partial charge in [0.1, 0.15) is 0 Å². The van der Waals surface area contributed by atoms with Gasteiger partial charge in [0.05, 0.1) is 16.1 Å². The van der Waals surface area contributed by atoms with E-state index >= 15 is 0 Å². The van der Waals surface area contributed by atoms with Crippen molar-refractivity contribution in [3.8, 4) is 0 Å². The van der Waals surface area contributed by atoms with E-state index in [0.717, 1.165) is 12.0 Å². The van der Waals surface area contributed by atoms with E-state index in [9.17, 15) is 9.59 Å². The van der Waals surface area contributed by atoms with Crippen LogP contribution in [0.15, 0.2) is 39.6 Å². The first-order chi connectivity index (χ1) is 12.3. The van der Waals surface area contributed by atoms with E-state index in [4.69, 9.17) is 0 Å². The molecule has 1 amide bonds. The van der Waals surface area contributed by atoms with Crippen LogP contribution in [0.1, 0.15) is 60.4 Å². The molecule has 0 bridgehead atoms. The zero-order valence-corrected chi connectivity index (χ0v) is 17.7. The molecular formula is C21H27BrN2O2. The highest BCUT2D eigenvalue weighted by Crippen LogP contribution is 2.24. The third-order valence-corrected chi connectivity index (χ3v) is 5.62. The Hall–Kier alpha value is -1.88. The topological polar surface area (TPSA) is 51.1 Å². The number of carbonyl (C=O) groups is 1. The fourth-order valence-corrected chi connectivity index (χ4v) is 3.70. The summed E-state index contributed by atoms with van der Waals surface area (Å²) in [4.78, 5) is 25.7. The number of halogens is 1. The van der Waals surface area contributed by atoms with Gasteiger partial charge in [-0.05, 0) is 53.2 Å². The van der Waals surface area contributed by atoms with E-state index in [1.54, 1.807) is 4.57 Å². The number of pyridine rings is 1. The van der Waals surface area contributed by atoms with Crippen molar-refractivity contribution in [2.45, 2.75) is 53.6 Å². The van der Waals surface area contributed by atoms with Gasteiger partial charge in [0.25, 0.3) is 11.5 Å². The lowest BCUT2D eigenvalue weighted by Gasteiger charge is -2.25. The molecule has 0 radical (unpaired) electrons. The first-order valence-corrected chi connectivity index (χ1v) is 9.84. The van der Waals surface area contributed by atoms with Crippen molar-refractivity contribution in [1.82, 2.24) is 9.88 Å². The fourth-order valence-electron chi connectivity index (χ4n) is 3.28. The molecule has 1 unspecified atom stereocenters. The number of amides is 1. The average molecular weight is 419 g/mol. The van der Waals surface area contributed by atoms with Crippen molar-refractivity contribution in [3.05, 3.63) is 67.5 Å². The Balaban J connectivity index is 2.47. The van der Waals surface area contributed by atoms with Gasteiger partial charge in [0.2, 0.25) is 0 Å². The molecule has 4 nitrogen and oxygen atoms in total. The Morgan fingerprint density at radius 1 is 1.19 bits per heavy atom. The van der Waals surface area contributed by atoms with Gasteiger partial charge in [-0.3, -0.25) is 9.59 Å². The van der Waals surface area contributed by atoms with Crippen LogP contribution in [0.5, 0.6) is 0 Å². The van der Waals surface area contributed by atoms with Gasteiger partial charge in [-0.15, -0.1) is 0 Å². The van der Waals surface area contributed by atoms with E-state index < -0.39 is 0 Å². The van der Waals surface area contributed by atoms with Crippen LogP contribution in [0.25, 0.3) is 0 Å². The molecule has 1 atom stereocenters. The van der Waals surface area contributed by atoms with Crippen LogP contribution in [0.4, 0.5) is 0 Å². The first kappa shape index (κ1) is 20.4. The predicted octanol–water partition coefficient (Wildman–Crippen LogP) is 4.76. The maximum Gasteiger partial charge on any atom is 0.265 e. The summed E-state index contributed by atoms with van der Waals surface area (Å²) >= 11 is 3.38. The minimum atomic E-state index is -0.145. The van der Waals surface area contributed by atoms with Crippen LogP contribution in [0, 0.1) is 19.8 Å². The van der Waals surface area contributed by atoms with Crippen molar-refractivity contribution in [2.75, 3.05) is 0 Å². The van der Waals surface area contributed by atoms with E-state index in [1.165, 1.54) is 0 Å². The molecule has 1 aromatic carbocycles. The lowest BCUT2D eigenvalue weighted by atomic mass is 9.95. The second kappa shape index (κ2) is 8.67. The van der Waals surface area contributed by atoms with Crippen LogP contribution in [-0.2, 0) is 6.54 Å². The molecule has 0 saturated carbocycles. The molecule has 0 fully saturated rings. The largest absolute Gasteiger partial charge is 0.345 e. The van der Waals surface area contributed by atoms with Gasteiger partial charge in [-0.25, -0.2) is 0 Å². The summed E-state index contributed by atoms with van der Waals surface area (Å²) in [5, 5.41) is 3.17. The van der Waals surface area contributed by atoms with Crippen LogP contribution >= 0.6 is 15.9 Å². The maximum atomic E-state index is 13.1. The van der Waals surface area contributed by atoms with Crippen LogP contribution in [-0.4, -0.2) is 10.5 Å². The Bertz CT molecular complexity index is 841. The normalized spacial score (nSPS) is 12.3. The number of benzene rings is 1. The van der Waals surface area contributed by atoms with E-state index in [1.807, 2.05) is 51.1 Å². The summed E-state index contributed by atoms with van der Waals surface area (Å²) in [5.74, 6) is 0.0973. The lowest BCUT2D eigenvalue weighted by molar-refractivity contribution is 0.0923. The third kappa shape index (κ3) is 4.09. The molecule has 0 aliphatic rings. The van der Waals surface area contributed by atoms with Crippen molar-refractivity contribution in [2.24, 2.45) is 5.92 Å². The van der Waals surface area contributed by atoms with E-state index in [0.29, 0.717) is 27.8 Å². The number of hydrogen-bond acceptors (Lipinski definition) is 2. The van der Waals surface area contributed by atoms with Crippen LogP contribution in [0.3, 0.4) is 0 Å². The smallest absolute Gasteiger partial charge is 0.265 e. The number of nitrogens with one attached hydrogen (secondary N) is 1. The molecule has 1 N–H and O–H groups in total. The average Bonchev–Trinajstić information content (AvgIpc) is 2.62. The molecule has 2 aromatic rings. The number of aromatic nitrogens is 1. The number of carbonyl (C=O) groups excluding carboxylic acids is 1. The molecule has 0 saturated heterocycles. The quantitative estimate of drug-likeness (QED) is 0.734. The number of nitrogens with zero attached hydrogens (tertiary/aromatic N) is 1. The third-order valence-electron chi connectivity index (χ3n) is 4.69. The molecular weight excluding hydrogens is 392 g/mol. The zero-order chi connectivity index (χ0) is 19.4. The number of hydrogen-bond donors (Lipinski definition) is 1. The molecule has 0 spiro atoms. The fraction of sp³-hybridized carbons (Fsp3) is 0.429.